The number of hydrogen-bond donors (Lipinski definition) is 6. The van der Waals surface area contributed by atoms with Crippen LogP contribution in [0.2, 0.25) is 0 Å². The molecule has 0 spiro atoms. The van der Waals surface area contributed by atoms with Crippen LogP contribution in [-0.4, -0.2) is 87.5 Å². The van der Waals surface area contributed by atoms with Gasteiger partial charge in [-0.05, 0) is 70.6 Å². The number of amides is 1. The van der Waals surface area contributed by atoms with Crippen molar-refractivity contribution in [3.63, 3.8) is 0 Å². The molecule has 6 N–H and O–H groups in total. The minimum absolute atomic E-state index is 0.187. The van der Waals surface area contributed by atoms with Crippen LogP contribution in [0.1, 0.15) is 245 Å². The summed E-state index contributed by atoms with van der Waals surface area (Å²) in [4.78, 5) is 13.0. The van der Waals surface area contributed by atoms with Gasteiger partial charge in [0.15, 0.2) is 6.29 Å². The Hall–Kier alpha value is -2.37. The molecule has 0 bridgehead atoms. The topological polar surface area (TPSA) is 149 Å². The zero-order valence-corrected chi connectivity index (χ0v) is 44.3. The van der Waals surface area contributed by atoms with E-state index in [-0.39, 0.29) is 12.5 Å². The normalized spacial score (nSPS) is 20.0. The summed E-state index contributed by atoms with van der Waals surface area (Å²) in [6, 6.07) is -0.823. The smallest absolute Gasteiger partial charge is 0.220 e. The summed E-state index contributed by atoms with van der Waals surface area (Å²) in [5.41, 5.74) is 0. The fraction of sp³-hybridized carbons (Fsp3) is 0.783. The molecule has 0 aromatic rings. The lowest BCUT2D eigenvalue weighted by Crippen LogP contribution is -2.60. The summed E-state index contributed by atoms with van der Waals surface area (Å²) in [7, 11) is 0. The van der Waals surface area contributed by atoms with E-state index in [0.717, 1.165) is 64.2 Å². The third kappa shape index (κ3) is 38.9. The standard InChI is InChI=1S/C60H107NO8/c1-3-5-7-9-11-13-15-17-19-20-21-22-23-24-25-26-27-28-29-30-31-32-33-34-36-38-40-42-44-46-48-50-56(64)61-53(52-68-60-59(67)58(66)57(65)55(51-62)69-60)54(63)49-47-45-43-41-39-37-35-18-16-14-12-10-8-6-4-2/h5,7,11,13,17,19,21-22,39,41,47,49,53-55,57-60,62-63,65-67H,3-4,6,8-10,12,14-16,18,20,23-38,40,42-46,48,50-52H2,1-2H3,(H,61,64)/b7-5-,13-11-,19-17-,22-21-,41-39+,49-47+. The summed E-state index contributed by atoms with van der Waals surface area (Å²) in [6.07, 6.45) is 61.2. The molecule has 1 aliphatic rings. The van der Waals surface area contributed by atoms with E-state index in [1.54, 1.807) is 6.08 Å². The van der Waals surface area contributed by atoms with E-state index in [4.69, 9.17) is 9.47 Å². The van der Waals surface area contributed by atoms with Crippen LogP contribution in [0, 0.1) is 0 Å². The van der Waals surface area contributed by atoms with E-state index in [1.807, 2.05) is 6.08 Å². The van der Waals surface area contributed by atoms with Crippen LogP contribution in [0.3, 0.4) is 0 Å². The predicted octanol–water partition coefficient (Wildman–Crippen LogP) is 14.1. The summed E-state index contributed by atoms with van der Waals surface area (Å²) in [6.45, 7) is 3.65. The van der Waals surface area contributed by atoms with Gasteiger partial charge in [-0.3, -0.25) is 4.79 Å². The van der Waals surface area contributed by atoms with Crippen molar-refractivity contribution in [1.29, 1.82) is 0 Å². The number of carbonyl (C=O) groups is 1. The summed E-state index contributed by atoms with van der Waals surface area (Å²) < 4.78 is 11.2. The second kappa shape index (κ2) is 49.2. The molecule has 1 heterocycles. The molecule has 7 unspecified atom stereocenters. The number of ether oxygens (including phenoxy) is 2. The van der Waals surface area contributed by atoms with Crippen LogP contribution >= 0.6 is 0 Å². The van der Waals surface area contributed by atoms with Crippen LogP contribution in [0.4, 0.5) is 0 Å². The lowest BCUT2D eigenvalue weighted by molar-refractivity contribution is -0.302. The molecule has 0 aromatic carbocycles. The Morgan fingerprint density at radius 3 is 1.39 bits per heavy atom. The zero-order valence-electron chi connectivity index (χ0n) is 44.3. The molecule has 0 radical (unpaired) electrons. The van der Waals surface area contributed by atoms with Gasteiger partial charge in [-0.1, -0.05) is 241 Å². The van der Waals surface area contributed by atoms with Crippen molar-refractivity contribution in [3.8, 4) is 0 Å². The highest BCUT2D eigenvalue weighted by molar-refractivity contribution is 5.76. The molecule has 1 saturated heterocycles. The fourth-order valence-corrected chi connectivity index (χ4v) is 8.75. The van der Waals surface area contributed by atoms with Gasteiger partial charge in [0.05, 0.1) is 25.4 Å². The van der Waals surface area contributed by atoms with Crippen LogP contribution in [-0.2, 0) is 14.3 Å². The lowest BCUT2D eigenvalue weighted by Gasteiger charge is -2.40. The first kappa shape index (κ1) is 64.6. The predicted molar refractivity (Wildman–Crippen MR) is 290 cm³/mol. The number of rotatable bonds is 48. The molecular formula is C60H107NO8. The van der Waals surface area contributed by atoms with Gasteiger partial charge in [-0.2, -0.15) is 0 Å². The third-order valence-corrected chi connectivity index (χ3v) is 13.3. The maximum atomic E-state index is 13.0. The highest BCUT2D eigenvalue weighted by Crippen LogP contribution is 2.23. The van der Waals surface area contributed by atoms with E-state index in [1.165, 1.54) is 161 Å². The number of unbranched alkanes of at least 4 members (excludes halogenated alkanes) is 28. The maximum Gasteiger partial charge on any atom is 0.220 e. The van der Waals surface area contributed by atoms with E-state index >= 15 is 0 Å². The van der Waals surface area contributed by atoms with Crippen LogP contribution in [0.25, 0.3) is 0 Å². The average molecular weight is 971 g/mol. The Morgan fingerprint density at radius 2 is 0.913 bits per heavy atom. The molecule has 69 heavy (non-hydrogen) atoms. The molecular weight excluding hydrogens is 863 g/mol. The van der Waals surface area contributed by atoms with Crippen LogP contribution < -0.4 is 5.32 Å². The molecule has 1 rings (SSSR count). The molecule has 1 fully saturated rings. The largest absolute Gasteiger partial charge is 0.394 e. The molecule has 9 heteroatoms. The first-order valence-corrected chi connectivity index (χ1v) is 28.7. The van der Waals surface area contributed by atoms with Crippen molar-refractivity contribution in [3.05, 3.63) is 72.9 Å². The van der Waals surface area contributed by atoms with Crippen molar-refractivity contribution in [2.75, 3.05) is 13.2 Å². The van der Waals surface area contributed by atoms with Gasteiger partial charge in [0, 0.05) is 6.42 Å². The summed E-state index contributed by atoms with van der Waals surface area (Å²) in [5, 5.41) is 54.4. The first-order chi connectivity index (χ1) is 33.8. The summed E-state index contributed by atoms with van der Waals surface area (Å²) in [5.74, 6) is -0.187. The maximum absolute atomic E-state index is 13.0. The van der Waals surface area contributed by atoms with E-state index < -0.39 is 49.5 Å². The van der Waals surface area contributed by atoms with Gasteiger partial charge in [-0.15, -0.1) is 0 Å². The number of nitrogens with one attached hydrogen (secondary N) is 1. The molecule has 1 amide bonds. The molecule has 1 aliphatic heterocycles. The minimum Gasteiger partial charge on any atom is -0.394 e. The minimum atomic E-state index is -1.57. The SMILES string of the molecule is CC/C=C\C/C=C\C/C=C\C/C=C\CCCCCCCCCCCCCCCCCCCCC(=O)NC(COC1OC(CO)C(O)C(O)C1O)C(O)/C=C/CC/C=C/CCCCCCCCCCC. The van der Waals surface area contributed by atoms with Crippen molar-refractivity contribution in [2.24, 2.45) is 0 Å². The summed E-state index contributed by atoms with van der Waals surface area (Å²) >= 11 is 0. The number of allylic oxidation sites excluding steroid dienone is 11. The molecule has 9 nitrogen and oxygen atoms in total. The van der Waals surface area contributed by atoms with E-state index in [2.05, 4.69) is 79.9 Å². The van der Waals surface area contributed by atoms with Gasteiger partial charge in [0.1, 0.15) is 24.4 Å². The van der Waals surface area contributed by atoms with Gasteiger partial charge in [0.25, 0.3) is 0 Å². The second-order valence-corrected chi connectivity index (χ2v) is 19.7. The number of aliphatic hydroxyl groups is 5. The highest BCUT2D eigenvalue weighted by atomic mass is 16.7. The Balaban J connectivity index is 2.17. The monoisotopic (exact) mass is 970 g/mol. The Bertz CT molecular complexity index is 1310. The van der Waals surface area contributed by atoms with Crippen LogP contribution in [0.15, 0.2) is 72.9 Å². The quantitative estimate of drug-likeness (QED) is 0.0261. The van der Waals surface area contributed by atoms with Crippen molar-refractivity contribution >= 4 is 5.91 Å². The first-order valence-electron chi connectivity index (χ1n) is 28.7. The lowest BCUT2D eigenvalue weighted by atomic mass is 9.99. The number of hydrogen-bond acceptors (Lipinski definition) is 8. The molecule has 0 saturated carbocycles. The van der Waals surface area contributed by atoms with Gasteiger partial charge in [0.2, 0.25) is 5.91 Å². The Kier molecular flexibility index (Phi) is 46.1. The number of carbonyl (C=O) groups excluding carboxylic acids is 1. The Labute approximate surface area is 423 Å². The second-order valence-electron chi connectivity index (χ2n) is 19.7. The number of aliphatic hydroxyl groups excluding tert-OH is 5. The van der Waals surface area contributed by atoms with Crippen molar-refractivity contribution in [1.82, 2.24) is 5.32 Å². The zero-order chi connectivity index (χ0) is 50.1. The molecule has 400 valence electrons. The fourth-order valence-electron chi connectivity index (χ4n) is 8.75. The van der Waals surface area contributed by atoms with Crippen molar-refractivity contribution < 1.29 is 39.8 Å². The van der Waals surface area contributed by atoms with Gasteiger partial charge < -0.3 is 40.3 Å². The van der Waals surface area contributed by atoms with Crippen LogP contribution in [0.5, 0.6) is 0 Å². The third-order valence-electron chi connectivity index (χ3n) is 13.3. The van der Waals surface area contributed by atoms with Gasteiger partial charge >= 0.3 is 0 Å². The highest BCUT2D eigenvalue weighted by Gasteiger charge is 2.44. The average Bonchev–Trinajstić information content (AvgIpc) is 3.35. The van der Waals surface area contributed by atoms with E-state index in [0.29, 0.717) is 6.42 Å². The molecule has 0 aliphatic carbocycles. The molecule has 7 atom stereocenters. The Morgan fingerprint density at radius 1 is 0.507 bits per heavy atom. The van der Waals surface area contributed by atoms with Crippen molar-refractivity contribution in [2.45, 2.75) is 288 Å². The van der Waals surface area contributed by atoms with E-state index in [9.17, 15) is 30.3 Å². The molecule has 0 aromatic heterocycles. The van der Waals surface area contributed by atoms with Gasteiger partial charge in [-0.25, -0.2) is 0 Å².